The second-order valence-electron chi connectivity index (χ2n) is 5.75. The standard InChI is InChI=1S/C17H22BrNO5/c1-10(2)13(16(22)19-14(9-20)17(23)24-3)8-15(21)11-4-6-12(18)7-5-11/h4-7,10,13-14,20H,8-9H2,1-3H3,(H,19,22)/t13-,14-/m0/s1. The second-order valence-corrected chi connectivity index (χ2v) is 6.67. The monoisotopic (exact) mass is 399 g/mol. The number of ketones is 1. The van der Waals surface area contributed by atoms with Gasteiger partial charge in [-0.1, -0.05) is 41.9 Å². The van der Waals surface area contributed by atoms with E-state index in [4.69, 9.17) is 0 Å². The summed E-state index contributed by atoms with van der Waals surface area (Å²) in [6, 6.07) is 5.76. The van der Waals surface area contributed by atoms with E-state index in [0.29, 0.717) is 5.56 Å². The zero-order chi connectivity index (χ0) is 18.3. The topological polar surface area (TPSA) is 92.7 Å². The number of rotatable bonds is 8. The molecule has 24 heavy (non-hydrogen) atoms. The number of benzene rings is 1. The number of carbonyl (C=O) groups is 3. The normalized spacial score (nSPS) is 13.2. The number of halogens is 1. The summed E-state index contributed by atoms with van der Waals surface area (Å²) in [6.07, 6.45) is 0.0183. The van der Waals surface area contributed by atoms with E-state index in [0.717, 1.165) is 4.47 Å². The molecule has 132 valence electrons. The minimum absolute atomic E-state index is 0.0183. The van der Waals surface area contributed by atoms with Crippen LogP contribution in [0.5, 0.6) is 0 Å². The van der Waals surface area contributed by atoms with Gasteiger partial charge in [-0.15, -0.1) is 0 Å². The molecule has 0 aromatic heterocycles. The number of aliphatic hydroxyl groups excluding tert-OH is 1. The maximum Gasteiger partial charge on any atom is 0.330 e. The fourth-order valence-electron chi connectivity index (χ4n) is 2.18. The third-order valence-electron chi connectivity index (χ3n) is 3.70. The number of amides is 1. The van der Waals surface area contributed by atoms with Gasteiger partial charge in [-0.05, 0) is 18.1 Å². The highest BCUT2D eigenvalue weighted by Gasteiger charge is 2.29. The number of nitrogens with one attached hydrogen (secondary N) is 1. The molecule has 1 aromatic carbocycles. The average molecular weight is 400 g/mol. The molecule has 7 heteroatoms. The average Bonchev–Trinajstić information content (AvgIpc) is 2.56. The van der Waals surface area contributed by atoms with Crippen LogP contribution >= 0.6 is 15.9 Å². The Bertz CT molecular complexity index is 585. The number of esters is 1. The number of hydrogen-bond acceptors (Lipinski definition) is 5. The van der Waals surface area contributed by atoms with Crippen LogP contribution < -0.4 is 5.32 Å². The lowest BCUT2D eigenvalue weighted by molar-refractivity contribution is -0.147. The van der Waals surface area contributed by atoms with Crippen LogP contribution in [0.1, 0.15) is 30.6 Å². The third-order valence-corrected chi connectivity index (χ3v) is 4.23. The van der Waals surface area contributed by atoms with Gasteiger partial charge in [0.2, 0.25) is 5.91 Å². The SMILES string of the molecule is COC(=O)[C@H](CO)NC(=O)[C@@H](CC(=O)c1ccc(Br)cc1)C(C)C. The highest BCUT2D eigenvalue weighted by Crippen LogP contribution is 2.20. The van der Waals surface area contributed by atoms with Crippen molar-refractivity contribution >= 4 is 33.6 Å². The molecule has 1 rings (SSSR count). The van der Waals surface area contributed by atoms with Gasteiger partial charge >= 0.3 is 5.97 Å². The molecule has 2 atom stereocenters. The minimum Gasteiger partial charge on any atom is -0.467 e. The lowest BCUT2D eigenvalue weighted by atomic mass is 9.88. The van der Waals surface area contributed by atoms with Crippen molar-refractivity contribution in [2.24, 2.45) is 11.8 Å². The smallest absolute Gasteiger partial charge is 0.330 e. The molecule has 0 aliphatic rings. The van der Waals surface area contributed by atoms with Crippen molar-refractivity contribution in [1.29, 1.82) is 0 Å². The molecule has 0 heterocycles. The van der Waals surface area contributed by atoms with Crippen molar-refractivity contribution in [3.8, 4) is 0 Å². The number of carbonyl (C=O) groups excluding carboxylic acids is 3. The molecule has 0 spiro atoms. The van der Waals surface area contributed by atoms with Gasteiger partial charge < -0.3 is 15.2 Å². The van der Waals surface area contributed by atoms with Gasteiger partial charge in [-0.2, -0.15) is 0 Å². The number of aliphatic hydroxyl groups is 1. The Labute approximate surface area is 149 Å². The highest BCUT2D eigenvalue weighted by atomic mass is 79.9. The van der Waals surface area contributed by atoms with Crippen molar-refractivity contribution in [3.63, 3.8) is 0 Å². The zero-order valence-corrected chi connectivity index (χ0v) is 15.5. The summed E-state index contributed by atoms with van der Waals surface area (Å²) in [6.45, 7) is 3.08. The van der Waals surface area contributed by atoms with Crippen molar-refractivity contribution in [2.45, 2.75) is 26.3 Å². The van der Waals surface area contributed by atoms with Crippen LogP contribution in [-0.4, -0.2) is 42.5 Å². The number of Topliss-reactive ketones (excluding diaryl/α,β-unsaturated/α-hetero) is 1. The summed E-state index contributed by atoms with van der Waals surface area (Å²) in [4.78, 5) is 36.3. The van der Waals surface area contributed by atoms with E-state index in [1.54, 1.807) is 24.3 Å². The Kier molecular flexibility index (Phi) is 8.07. The molecule has 0 aliphatic carbocycles. The Hall–Kier alpha value is -1.73. The van der Waals surface area contributed by atoms with E-state index < -0.39 is 30.4 Å². The summed E-state index contributed by atoms with van der Waals surface area (Å²) in [5.74, 6) is -2.07. The first kappa shape index (κ1) is 20.3. The summed E-state index contributed by atoms with van der Waals surface area (Å²) in [5, 5.41) is 11.6. The quantitative estimate of drug-likeness (QED) is 0.514. The van der Waals surface area contributed by atoms with Crippen molar-refractivity contribution in [1.82, 2.24) is 5.32 Å². The van der Waals surface area contributed by atoms with E-state index in [-0.39, 0.29) is 18.1 Å². The van der Waals surface area contributed by atoms with Crippen LogP contribution in [0.2, 0.25) is 0 Å². The van der Waals surface area contributed by atoms with Crippen molar-refractivity contribution in [3.05, 3.63) is 34.3 Å². The van der Waals surface area contributed by atoms with Gasteiger partial charge in [0, 0.05) is 22.4 Å². The van der Waals surface area contributed by atoms with Crippen molar-refractivity contribution < 1.29 is 24.2 Å². The fourth-order valence-corrected chi connectivity index (χ4v) is 2.45. The van der Waals surface area contributed by atoms with Gasteiger partial charge in [-0.25, -0.2) is 4.79 Å². The Morgan fingerprint density at radius 1 is 1.21 bits per heavy atom. The van der Waals surface area contributed by atoms with Crippen LogP contribution in [0.4, 0.5) is 0 Å². The minimum atomic E-state index is -1.13. The van der Waals surface area contributed by atoms with E-state index in [2.05, 4.69) is 26.0 Å². The van der Waals surface area contributed by atoms with Crippen LogP contribution in [-0.2, 0) is 14.3 Å². The van der Waals surface area contributed by atoms with Gasteiger partial charge in [0.1, 0.15) is 0 Å². The maximum atomic E-state index is 12.4. The molecular weight excluding hydrogens is 378 g/mol. The number of hydrogen-bond donors (Lipinski definition) is 2. The number of ether oxygens (including phenoxy) is 1. The molecule has 0 radical (unpaired) electrons. The largest absolute Gasteiger partial charge is 0.467 e. The van der Waals surface area contributed by atoms with Gasteiger partial charge in [0.05, 0.1) is 13.7 Å². The molecule has 0 unspecified atom stereocenters. The molecule has 2 N–H and O–H groups in total. The molecule has 1 amide bonds. The van der Waals surface area contributed by atoms with Gasteiger partial charge in [-0.3, -0.25) is 9.59 Å². The van der Waals surface area contributed by atoms with Crippen LogP contribution in [0.3, 0.4) is 0 Å². The summed E-state index contributed by atoms with van der Waals surface area (Å²) < 4.78 is 5.38. The molecule has 0 saturated heterocycles. The second kappa shape index (κ2) is 9.54. The Morgan fingerprint density at radius 3 is 2.25 bits per heavy atom. The lowest BCUT2D eigenvalue weighted by Crippen LogP contribution is -2.47. The van der Waals surface area contributed by atoms with Crippen LogP contribution in [0, 0.1) is 11.8 Å². The molecule has 0 saturated carbocycles. The van der Waals surface area contributed by atoms with E-state index >= 15 is 0 Å². The summed E-state index contributed by atoms with van der Waals surface area (Å²) in [7, 11) is 1.17. The van der Waals surface area contributed by atoms with Gasteiger partial charge in [0.15, 0.2) is 11.8 Å². The van der Waals surface area contributed by atoms with E-state index in [1.165, 1.54) is 7.11 Å². The maximum absolute atomic E-state index is 12.4. The van der Waals surface area contributed by atoms with Crippen molar-refractivity contribution in [2.75, 3.05) is 13.7 Å². The molecule has 0 bridgehead atoms. The molecule has 0 aliphatic heterocycles. The predicted octanol–water partition coefficient (Wildman–Crippen LogP) is 1.94. The van der Waals surface area contributed by atoms with Crippen LogP contribution in [0.25, 0.3) is 0 Å². The first-order valence-electron chi connectivity index (χ1n) is 7.58. The predicted molar refractivity (Wildman–Crippen MR) is 92.5 cm³/mol. The van der Waals surface area contributed by atoms with Crippen LogP contribution in [0.15, 0.2) is 28.7 Å². The molecule has 1 aromatic rings. The number of methoxy groups -OCH3 is 1. The first-order chi connectivity index (χ1) is 11.3. The lowest BCUT2D eigenvalue weighted by Gasteiger charge is -2.22. The Morgan fingerprint density at radius 2 is 1.79 bits per heavy atom. The van der Waals surface area contributed by atoms with E-state index in [9.17, 15) is 19.5 Å². The Balaban J connectivity index is 2.82. The first-order valence-corrected chi connectivity index (χ1v) is 8.37. The highest BCUT2D eigenvalue weighted by molar-refractivity contribution is 9.10. The molecular formula is C17H22BrNO5. The summed E-state index contributed by atoms with van der Waals surface area (Å²) in [5.41, 5.74) is 0.517. The summed E-state index contributed by atoms with van der Waals surface area (Å²) >= 11 is 3.30. The third kappa shape index (κ3) is 5.72. The molecule has 6 nitrogen and oxygen atoms in total. The fraction of sp³-hybridized carbons (Fsp3) is 0.471. The van der Waals surface area contributed by atoms with E-state index in [1.807, 2.05) is 13.8 Å². The zero-order valence-electron chi connectivity index (χ0n) is 13.9. The van der Waals surface area contributed by atoms with Gasteiger partial charge in [0.25, 0.3) is 0 Å². The molecule has 0 fully saturated rings.